The highest BCUT2D eigenvalue weighted by molar-refractivity contribution is 6.31. The van der Waals surface area contributed by atoms with Crippen molar-refractivity contribution in [1.29, 1.82) is 5.26 Å². The topological polar surface area (TPSA) is 152 Å². The molecular weight excluding hydrogens is 732 g/mol. The van der Waals surface area contributed by atoms with Gasteiger partial charge in [0.2, 0.25) is 11.8 Å². The number of piperidine rings is 2. The third-order valence-electron chi connectivity index (χ3n) is 12.6. The van der Waals surface area contributed by atoms with Crippen LogP contribution in [0.1, 0.15) is 101 Å². The van der Waals surface area contributed by atoms with Crippen LogP contribution in [0.5, 0.6) is 5.75 Å². The Kier molecular flexibility index (Phi) is 9.45. The minimum atomic E-state index is -0.982. The van der Waals surface area contributed by atoms with Gasteiger partial charge in [-0.2, -0.15) is 5.26 Å². The van der Waals surface area contributed by atoms with Crippen LogP contribution in [0.15, 0.2) is 54.6 Å². The number of rotatable bonds is 8. The standard InChI is InChI=1S/C43H45ClN6O6/c1-42(2)40(43(3,4)41(42)56-30-9-7-26(20-45)33(44)19-30)47-36(52)25-5-6-27-22-48(23-28(27)17-25)21-24-13-15-49(16-14-24)29-8-10-31-32(18-29)39(55)50(38(31)54)34-11-12-35(51)46-37(34)53/h5-10,17-19,24,34,40-41H,11-16,21-23H2,1-4H3,(H,47,52)(H,46,51,53). The van der Waals surface area contributed by atoms with Crippen LogP contribution in [-0.2, 0) is 22.7 Å². The van der Waals surface area contributed by atoms with Crippen molar-refractivity contribution < 1.29 is 28.7 Å². The lowest BCUT2D eigenvalue weighted by Gasteiger charge is -2.63. The molecule has 2 N–H and O–H groups in total. The average molecular weight is 777 g/mol. The Morgan fingerprint density at radius 1 is 0.911 bits per heavy atom. The molecule has 0 bridgehead atoms. The summed E-state index contributed by atoms with van der Waals surface area (Å²) in [5.74, 6) is -1.03. The van der Waals surface area contributed by atoms with Crippen molar-refractivity contribution in [2.75, 3.05) is 24.5 Å². The van der Waals surface area contributed by atoms with Gasteiger partial charge in [-0.25, -0.2) is 0 Å². The first-order chi connectivity index (χ1) is 26.6. The zero-order valence-corrected chi connectivity index (χ0v) is 32.7. The van der Waals surface area contributed by atoms with Crippen LogP contribution in [0.4, 0.5) is 5.69 Å². The second-order valence-corrected chi connectivity index (χ2v) is 17.5. The summed E-state index contributed by atoms with van der Waals surface area (Å²) in [4.78, 5) is 69.9. The number of fused-ring (bicyclic) bond motifs is 2. The van der Waals surface area contributed by atoms with Gasteiger partial charge in [0.05, 0.1) is 21.7 Å². The molecule has 3 aromatic rings. The number of hydrogen-bond acceptors (Lipinski definition) is 9. The van der Waals surface area contributed by atoms with Gasteiger partial charge >= 0.3 is 0 Å². The molecule has 56 heavy (non-hydrogen) atoms. The number of anilines is 1. The molecule has 1 atom stereocenters. The lowest BCUT2D eigenvalue weighted by molar-refractivity contribution is -0.164. The van der Waals surface area contributed by atoms with Crippen LogP contribution in [0, 0.1) is 28.1 Å². The molecule has 3 fully saturated rings. The number of ether oxygens (including phenoxy) is 1. The van der Waals surface area contributed by atoms with Crippen LogP contribution < -0.4 is 20.3 Å². The molecule has 4 heterocycles. The van der Waals surface area contributed by atoms with E-state index in [0.29, 0.717) is 33.4 Å². The first kappa shape index (κ1) is 37.7. The van der Waals surface area contributed by atoms with E-state index in [1.165, 1.54) is 11.1 Å². The summed E-state index contributed by atoms with van der Waals surface area (Å²) in [7, 11) is 0. The van der Waals surface area contributed by atoms with Crippen molar-refractivity contribution in [3.8, 4) is 11.8 Å². The Hall–Kier alpha value is -5.25. The Morgan fingerprint density at radius 2 is 1.62 bits per heavy atom. The molecule has 5 aliphatic rings. The average Bonchev–Trinajstić information content (AvgIpc) is 3.68. The summed E-state index contributed by atoms with van der Waals surface area (Å²) in [5, 5.41) is 15.1. The fourth-order valence-corrected chi connectivity index (χ4v) is 10.2. The van der Waals surface area contributed by atoms with Gasteiger partial charge in [0, 0.05) is 73.3 Å². The van der Waals surface area contributed by atoms with E-state index in [1.807, 2.05) is 18.2 Å². The summed E-state index contributed by atoms with van der Waals surface area (Å²) >= 11 is 6.26. The Labute approximate surface area is 331 Å². The summed E-state index contributed by atoms with van der Waals surface area (Å²) in [5.41, 5.74) is 4.18. The van der Waals surface area contributed by atoms with Crippen molar-refractivity contribution in [2.24, 2.45) is 16.7 Å². The number of nitrogens with zero attached hydrogens (tertiary/aromatic N) is 4. The number of benzene rings is 3. The van der Waals surface area contributed by atoms with Gasteiger partial charge < -0.3 is 15.0 Å². The molecule has 4 aliphatic heterocycles. The number of imide groups is 2. The predicted octanol–water partition coefficient (Wildman–Crippen LogP) is 5.46. The van der Waals surface area contributed by atoms with Crippen molar-refractivity contribution >= 4 is 46.8 Å². The molecule has 0 radical (unpaired) electrons. The zero-order valence-electron chi connectivity index (χ0n) is 32.0. The van der Waals surface area contributed by atoms with Crippen LogP contribution in [0.2, 0.25) is 5.02 Å². The number of hydrogen-bond donors (Lipinski definition) is 2. The molecule has 0 spiro atoms. The van der Waals surface area contributed by atoms with Crippen molar-refractivity contribution in [1.82, 2.24) is 20.4 Å². The van der Waals surface area contributed by atoms with Crippen LogP contribution >= 0.6 is 11.6 Å². The molecule has 3 aromatic carbocycles. The number of carbonyl (C=O) groups excluding carboxylic acids is 5. The molecule has 1 aliphatic carbocycles. The third kappa shape index (κ3) is 6.50. The minimum Gasteiger partial charge on any atom is -0.489 e. The van der Waals surface area contributed by atoms with Crippen molar-refractivity contribution in [3.05, 3.63) is 93.0 Å². The monoisotopic (exact) mass is 776 g/mol. The highest BCUT2D eigenvalue weighted by Gasteiger charge is 2.64. The number of halogens is 1. The first-order valence-electron chi connectivity index (χ1n) is 19.3. The molecule has 0 aromatic heterocycles. The van der Waals surface area contributed by atoms with Gasteiger partial charge in [0.25, 0.3) is 17.7 Å². The fourth-order valence-electron chi connectivity index (χ4n) is 9.94. The number of carbonyl (C=O) groups is 5. The van der Waals surface area contributed by atoms with E-state index in [2.05, 4.69) is 60.3 Å². The van der Waals surface area contributed by atoms with Gasteiger partial charge in [0.15, 0.2) is 0 Å². The van der Waals surface area contributed by atoms with E-state index < -0.39 is 29.7 Å². The van der Waals surface area contributed by atoms with E-state index in [1.54, 1.807) is 30.3 Å². The van der Waals surface area contributed by atoms with E-state index in [9.17, 15) is 29.2 Å². The molecule has 5 amide bonds. The van der Waals surface area contributed by atoms with Gasteiger partial charge in [0.1, 0.15) is 24.0 Å². The lowest BCUT2D eigenvalue weighted by atomic mass is 9.49. The van der Waals surface area contributed by atoms with Crippen LogP contribution in [0.3, 0.4) is 0 Å². The number of nitriles is 1. The smallest absolute Gasteiger partial charge is 0.262 e. The summed E-state index contributed by atoms with van der Waals surface area (Å²) in [6, 6.07) is 17.4. The summed E-state index contributed by atoms with van der Waals surface area (Å²) < 4.78 is 6.40. The van der Waals surface area contributed by atoms with Crippen molar-refractivity contribution in [2.45, 2.75) is 84.7 Å². The molecule has 13 heteroatoms. The number of amides is 5. The maximum atomic E-state index is 13.7. The fraction of sp³-hybridized carbons (Fsp3) is 0.442. The SMILES string of the molecule is CC1(C)C(NC(=O)c2ccc3c(c2)CN(CC2CCN(c4ccc5c(c4)C(=O)N(C4CCC(=O)NC4=O)C5=O)CC2)C3)C(C)(C)C1Oc1ccc(C#N)c(Cl)c1. The molecule has 1 unspecified atom stereocenters. The van der Waals surface area contributed by atoms with Gasteiger partial charge in [-0.15, -0.1) is 0 Å². The summed E-state index contributed by atoms with van der Waals surface area (Å²) in [6.45, 7) is 12.6. The van der Waals surface area contributed by atoms with E-state index in [0.717, 1.165) is 56.2 Å². The van der Waals surface area contributed by atoms with Gasteiger partial charge in [-0.05, 0) is 78.8 Å². The lowest BCUT2D eigenvalue weighted by Crippen LogP contribution is -2.74. The Bertz CT molecular complexity index is 2210. The van der Waals surface area contributed by atoms with Crippen LogP contribution in [0.25, 0.3) is 0 Å². The largest absolute Gasteiger partial charge is 0.489 e. The minimum absolute atomic E-state index is 0.0850. The first-order valence-corrected chi connectivity index (χ1v) is 19.7. The zero-order chi connectivity index (χ0) is 39.7. The molecule has 2 saturated heterocycles. The van der Waals surface area contributed by atoms with E-state index in [-0.39, 0.29) is 47.3 Å². The second kappa shape index (κ2) is 14.0. The van der Waals surface area contributed by atoms with Crippen LogP contribution in [-0.4, -0.2) is 77.2 Å². The molecule has 8 rings (SSSR count). The highest BCUT2D eigenvalue weighted by atomic mass is 35.5. The molecule has 1 saturated carbocycles. The van der Waals surface area contributed by atoms with E-state index >= 15 is 0 Å². The maximum Gasteiger partial charge on any atom is 0.262 e. The Morgan fingerprint density at radius 3 is 2.32 bits per heavy atom. The van der Waals surface area contributed by atoms with Gasteiger partial charge in [-0.1, -0.05) is 45.4 Å². The van der Waals surface area contributed by atoms with Gasteiger partial charge in [-0.3, -0.25) is 39.1 Å². The molecular formula is C43H45ClN6O6. The Balaban J connectivity index is 0.840. The normalized spacial score (nSPS) is 24.2. The van der Waals surface area contributed by atoms with Crippen molar-refractivity contribution in [3.63, 3.8) is 0 Å². The maximum absolute atomic E-state index is 13.7. The third-order valence-corrected chi connectivity index (χ3v) is 12.9. The highest BCUT2D eigenvalue weighted by Crippen LogP contribution is 2.55. The quantitative estimate of drug-likeness (QED) is 0.285. The van der Waals surface area contributed by atoms with E-state index in [4.69, 9.17) is 16.3 Å². The molecule has 12 nitrogen and oxygen atoms in total. The summed E-state index contributed by atoms with van der Waals surface area (Å²) in [6.07, 6.45) is 1.97. The number of nitrogens with one attached hydrogen (secondary N) is 2. The second-order valence-electron chi connectivity index (χ2n) is 17.1. The molecule has 290 valence electrons. The predicted molar refractivity (Wildman–Crippen MR) is 208 cm³/mol.